The standard InChI is InChI=1S/C23H18F7N5O3/c1-11(32-16-9-31-34-19(36)18(16)23(28,29)30)3-2-5-35-6-4-12-7-14(15(24)8-13(12)21(35)37)20-33-17(10-38-20)22(25,26)27/h4,6-11H,2-3,5H2,1H3,(H2,32,34,36). The minimum Gasteiger partial charge on any atom is -0.444 e. The molecule has 4 aromatic rings. The fourth-order valence-corrected chi connectivity index (χ4v) is 3.87. The first kappa shape index (κ1) is 26.9. The fraction of sp³-hybridized carbons (Fsp3) is 0.304. The van der Waals surface area contributed by atoms with E-state index < -0.39 is 58.2 Å². The highest BCUT2D eigenvalue weighted by molar-refractivity contribution is 5.85. The highest BCUT2D eigenvalue weighted by Crippen LogP contribution is 2.33. The summed E-state index contributed by atoms with van der Waals surface area (Å²) in [5.41, 5.74) is -5.50. The van der Waals surface area contributed by atoms with Crippen LogP contribution in [0.3, 0.4) is 0 Å². The van der Waals surface area contributed by atoms with Crippen molar-refractivity contribution < 1.29 is 35.2 Å². The van der Waals surface area contributed by atoms with Crippen LogP contribution in [0.5, 0.6) is 0 Å². The van der Waals surface area contributed by atoms with E-state index in [0.717, 1.165) is 18.3 Å². The molecule has 8 nitrogen and oxygen atoms in total. The summed E-state index contributed by atoms with van der Waals surface area (Å²) in [6.07, 6.45) is -6.40. The van der Waals surface area contributed by atoms with E-state index in [2.05, 4.69) is 15.4 Å². The molecule has 0 aliphatic carbocycles. The number of aromatic nitrogens is 4. The van der Waals surface area contributed by atoms with Crippen LogP contribution in [0.2, 0.25) is 0 Å². The number of anilines is 1. The van der Waals surface area contributed by atoms with Gasteiger partial charge in [-0.1, -0.05) is 0 Å². The number of aromatic amines is 1. The van der Waals surface area contributed by atoms with Gasteiger partial charge in [0.1, 0.15) is 17.6 Å². The maximum atomic E-state index is 14.7. The summed E-state index contributed by atoms with van der Waals surface area (Å²) in [6, 6.07) is 2.97. The molecule has 0 saturated heterocycles. The lowest BCUT2D eigenvalue weighted by Crippen LogP contribution is -2.27. The van der Waals surface area contributed by atoms with Crippen molar-refractivity contribution in [3.8, 4) is 11.5 Å². The Balaban J connectivity index is 1.48. The first-order valence-electron chi connectivity index (χ1n) is 11.0. The fourth-order valence-electron chi connectivity index (χ4n) is 3.87. The number of nitrogens with zero attached hydrogens (tertiary/aromatic N) is 3. The van der Waals surface area contributed by atoms with Crippen molar-refractivity contribution in [2.45, 2.75) is 44.7 Å². The maximum Gasteiger partial charge on any atom is 0.436 e. The number of fused-ring (bicyclic) bond motifs is 1. The third-order valence-corrected chi connectivity index (χ3v) is 5.67. The topological polar surface area (TPSA) is 106 Å². The molecule has 1 atom stereocenters. The van der Waals surface area contributed by atoms with E-state index in [0.29, 0.717) is 19.1 Å². The molecule has 0 spiro atoms. The van der Waals surface area contributed by atoms with Crippen LogP contribution in [0.15, 0.2) is 50.9 Å². The predicted octanol–water partition coefficient (Wildman–Crippen LogP) is 5.20. The molecule has 1 unspecified atom stereocenters. The molecule has 3 heterocycles. The molecule has 0 amide bonds. The van der Waals surface area contributed by atoms with Crippen LogP contribution in [0, 0.1) is 5.82 Å². The molecule has 0 radical (unpaired) electrons. The molecule has 15 heteroatoms. The number of nitrogens with one attached hydrogen (secondary N) is 2. The average Bonchev–Trinajstić information content (AvgIpc) is 3.30. The quantitative estimate of drug-likeness (QED) is 0.310. The number of alkyl halides is 6. The van der Waals surface area contributed by atoms with Gasteiger partial charge in [-0.05, 0) is 43.4 Å². The molecule has 38 heavy (non-hydrogen) atoms. The zero-order chi connectivity index (χ0) is 27.8. The minimum atomic E-state index is -4.89. The Bertz CT molecular complexity index is 1590. The van der Waals surface area contributed by atoms with E-state index >= 15 is 0 Å². The number of hydrogen-bond donors (Lipinski definition) is 2. The molecule has 0 fully saturated rings. The summed E-state index contributed by atoms with van der Waals surface area (Å²) in [6.45, 7) is 1.73. The van der Waals surface area contributed by atoms with E-state index in [9.17, 15) is 40.3 Å². The van der Waals surface area contributed by atoms with Crippen LogP contribution in [-0.4, -0.2) is 25.8 Å². The van der Waals surface area contributed by atoms with E-state index in [4.69, 9.17) is 4.42 Å². The van der Waals surface area contributed by atoms with Crippen LogP contribution >= 0.6 is 0 Å². The second-order valence-electron chi connectivity index (χ2n) is 8.44. The minimum absolute atomic E-state index is 0.0353. The van der Waals surface area contributed by atoms with Gasteiger partial charge >= 0.3 is 12.4 Å². The Labute approximate surface area is 208 Å². The molecule has 4 rings (SSSR count). The van der Waals surface area contributed by atoms with Crippen LogP contribution in [-0.2, 0) is 18.9 Å². The second kappa shape index (κ2) is 9.95. The van der Waals surface area contributed by atoms with Gasteiger partial charge in [0.15, 0.2) is 5.69 Å². The van der Waals surface area contributed by atoms with Crippen LogP contribution in [0.25, 0.3) is 22.2 Å². The first-order valence-corrected chi connectivity index (χ1v) is 11.0. The van der Waals surface area contributed by atoms with Crippen molar-refractivity contribution in [1.29, 1.82) is 0 Å². The lowest BCUT2D eigenvalue weighted by atomic mass is 10.1. The molecule has 202 valence electrons. The smallest absolute Gasteiger partial charge is 0.436 e. The lowest BCUT2D eigenvalue weighted by molar-refractivity contribution is -0.141. The molecule has 2 N–H and O–H groups in total. The van der Waals surface area contributed by atoms with Crippen molar-refractivity contribution in [2.75, 3.05) is 5.32 Å². The van der Waals surface area contributed by atoms with Crippen LogP contribution in [0.1, 0.15) is 31.0 Å². The Morgan fingerprint density at radius 2 is 1.87 bits per heavy atom. The third kappa shape index (κ3) is 5.55. The SMILES string of the molecule is CC(CCCn1ccc2cc(-c3nc(C(F)(F)F)co3)c(F)cc2c1=O)Nc1cn[nH]c(=O)c1C(F)(F)F. The Hall–Kier alpha value is -4.17. The van der Waals surface area contributed by atoms with Crippen molar-refractivity contribution in [1.82, 2.24) is 19.7 Å². The number of pyridine rings is 1. The first-order chi connectivity index (χ1) is 17.8. The van der Waals surface area contributed by atoms with Crippen molar-refractivity contribution >= 4 is 16.5 Å². The van der Waals surface area contributed by atoms with Gasteiger partial charge in [-0.3, -0.25) is 9.59 Å². The van der Waals surface area contributed by atoms with Crippen molar-refractivity contribution in [3.05, 3.63) is 74.6 Å². The highest BCUT2D eigenvalue weighted by Gasteiger charge is 2.37. The number of benzene rings is 1. The number of oxazole rings is 1. The van der Waals surface area contributed by atoms with Gasteiger partial charge in [-0.2, -0.15) is 31.4 Å². The number of rotatable bonds is 7. The molecular formula is C23H18F7N5O3. The molecule has 3 aromatic heterocycles. The zero-order valence-corrected chi connectivity index (χ0v) is 19.4. The van der Waals surface area contributed by atoms with Crippen LogP contribution < -0.4 is 16.4 Å². The summed E-state index contributed by atoms with van der Waals surface area (Å²) in [4.78, 5) is 27.7. The molecule has 0 aliphatic heterocycles. The predicted molar refractivity (Wildman–Crippen MR) is 121 cm³/mol. The number of hydrogen-bond acceptors (Lipinski definition) is 6. The van der Waals surface area contributed by atoms with Crippen molar-refractivity contribution in [3.63, 3.8) is 0 Å². The average molecular weight is 545 g/mol. The van der Waals surface area contributed by atoms with E-state index in [1.165, 1.54) is 16.8 Å². The normalized spacial score (nSPS) is 13.2. The molecule has 1 aromatic carbocycles. The van der Waals surface area contributed by atoms with Gasteiger partial charge in [0.25, 0.3) is 11.1 Å². The third-order valence-electron chi connectivity index (χ3n) is 5.67. The molecule has 0 saturated carbocycles. The summed E-state index contributed by atoms with van der Waals surface area (Å²) >= 11 is 0. The van der Waals surface area contributed by atoms with Gasteiger partial charge in [0.05, 0.1) is 22.8 Å². The zero-order valence-electron chi connectivity index (χ0n) is 19.4. The van der Waals surface area contributed by atoms with Gasteiger partial charge < -0.3 is 14.3 Å². The van der Waals surface area contributed by atoms with Crippen LogP contribution in [0.4, 0.5) is 36.4 Å². The summed E-state index contributed by atoms with van der Waals surface area (Å²) in [7, 11) is 0. The Kier molecular flexibility index (Phi) is 7.04. The van der Waals surface area contributed by atoms with E-state index in [-0.39, 0.29) is 22.9 Å². The largest absolute Gasteiger partial charge is 0.444 e. The highest BCUT2D eigenvalue weighted by atomic mass is 19.4. The van der Waals surface area contributed by atoms with Gasteiger partial charge in [0.2, 0.25) is 5.89 Å². The number of aryl methyl sites for hydroxylation is 1. The second-order valence-corrected chi connectivity index (χ2v) is 8.44. The van der Waals surface area contributed by atoms with Gasteiger partial charge in [-0.15, -0.1) is 0 Å². The lowest BCUT2D eigenvalue weighted by Gasteiger charge is -2.18. The summed E-state index contributed by atoms with van der Waals surface area (Å²) in [5, 5.41) is 7.94. The van der Waals surface area contributed by atoms with E-state index in [1.54, 1.807) is 12.0 Å². The molecule has 0 aliphatic rings. The maximum absolute atomic E-state index is 14.7. The monoisotopic (exact) mass is 545 g/mol. The van der Waals surface area contributed by atoms with Gasteiger partial charge in [0, 0.05) is 18.8 Å². The summed E-state index contributed by atoms with van der Waals surface area (Å²) < 4.78 is 98.7. The Morgan fingerprint density at radius 3 is 2.53 bits per heavy atom. The van der Waals surface area contributed by atoms with E-state index in [1.807, 2.05) is 0 Å². The van der Waals surface area contributed by atoms with Gasteiger partial charge in [-0.25, -0.2) is 14.5 Å². The number of H-pyrrole nitrogens is 1. The Morgan fingerprint density at radius 1 is 1.13 bits per heavy atom. The molecule has 0 bridgehead atoms. The molecular weight excluding hydrogens is 527 g/mol. The number of halogens is 7. The summed E-state index contributed by atoms with van der Waals surface area (Å²) in [5.74, 6) is -1.60. The van der Waals surface area contributed by atoms with Crippen molar-refractivity contribution in [2.24, 2.45) is 0 Å².